The number of methoxy groups -OCH3 is 1. The van der Waals surface area contributed by atoms with Gasteiger partial charge in [0.25, 0.3) is 5.91 Å². The van der Waals surface area contributed by atoms with E-state index >= 15 is 0 Å². The minimum atomic E-state index is -0.873. The lowest BCUT2D eigenvalue weighted by molar-refractivity contribution is -0.142. The SMILES string of the molecule is COC(=O)[C@@H](Cc1cccc(OCc2ccccc2)c1)NC(=O)c1ccc(NC(C)=O)cc1. The number of nitrogens with one attached hydrogen (secondary N) is 2. The molecule has 0 radical (unpaired) electrons. The molecule has 0 heterocycles. The summed E-state index contributed by atoms with van der Waals surface area (Å²) in [5.41, 5.74) is 2.80. The molecule has 0 saturated heterocycles. The summed E-state index contributed by atoms with van der Waals surface area (Å²) in [6, 6.07) is 22.7. The Bertz CT molecular complexity index is 1100. The third-order valence-corrected chi connectivity index (χ3v) is 4.85. The highest BCUT2D eigenvalue weighted by Gasteiger charge is 2.23. The number of hydrogen-bond acceptors (Lipinski definition) is 5. The number of rotatable bonds is 9. The molecule has 3 aromatic rings. The molecule has 33 heavy (non-hydrogen) atoms. The van der Waals surface area contributed by atoms with E-state index in [1.165, 1.54) is 14.0 Å². The molecular formula is C26H26N2O5. The summed E-state index contributed by atoms with van der Waals surface area (Å²) in [7, 11) is 1.28. The summed E-state index contributed by atoms with van der Waals surface area (Å²) in [5.74, 6) is -0.502. The van der Waals surface area contributed by atoms with Crippen molar-refractivity contribution in [1.29, 1.82) is 0 Å². The molecule has 7 heteroatoms. The van der Waals surface area contributed by atoms with E-state index in [1.807, 2.05) is 54.6 Å². The molecular weight excluding hydrogens is 420 g/mol. The molecule has 0 unspecified atom stereocenters. The predicted molar refractivity (Wildman–Crippen MR) is 125 cm³/mol. The maximum atomic E-state index is 12.7. The zero-order valence-electron chi connectivity index (χ0n) is 18.5. The fourth-order valence-electron chi connectivity index (χ4n) is 3.22. The molecule has 0 saturated carbocycles. The van der Waals surface area contributed by atoms with Crippen LogP contribution in [0, 0.1) is 0 Å². The Kier molecular flexibility index (Phi) is 8.18. The number of anilines is 1. The van der Waals surface area contributed by atoms with Crippen molar-refractivity contribution in [2.45, 2.75) is 26.0 Å². The number of esters is 1. The molecule has 3 aromatic carbocycles. The average Bonchev–Trinajstić information content (AvgIpc) is 2.83. The standard InChI is InChI=1S/C26H26N2O5/c1-18(29)27-22-13-11-21(12-14-22)25(30)28-24(26(31)32-2)16-20-9-6-10-23(15-20)33-17-19-7-4-3-5-8-19/h3-15,24H,16-17H2,1-2H3,(H,27,29)(H,28,30)/t24-/m1/s1. The van der Waals surface area contributed by atoms with Crippen molar-refractivity contribution in [2.75, 3.05) is 12.4 Å². The fraction of sp³-hybridized carbons (Fsp3) is 0.192. The predicted octanol–water partition coefficient (Wildman–Crippen LogP) is 3.74. The van der Waals surface area contributed by atoms with Gasteiger partial charge in [0.15, 0.2) is 0 Å². The van der Waals surface area contributed by atoms with Gasteiger partial charge in [0, 0.05) is 24.6 Å². The van der Waals surface area contributed by atoms with E-state index in [4.69, 9.17) is 9.47 Å². The summed E-state index contributed by atoms with van der Waals surface area (Å²) in [4.78, 5) is 36.2. The lowest BCUT2D eigenvalue weighted by Crippen LogP contribution is -2.43. The number of carbonyl (C=O) groups is 3. The first-order chi connectivity index (χ1) is 15.9. The second-order valence-electron chi connectivity index (χ2n) is 7.43. The molecule has 7 nitrogen and oxygen atoms in total. The molecule has 0 bridgehead atoms. The third kappa shape index (κ3) is 7.21. The highest BCUT2D eigenvalue weighted by Crippen LogP contribution is 2.17. The van der Waals surface area contributed by atoms with Gasteiger partial charge in [0.1, 0.15) is 18.4 Å². The lowest BCUT2D eigenvalue weighted by atomic mass is 10.0. The summed E-state index contributed by atoms with van der Waals surface area (Å²) in [6.45, 7) is 1.83. The molecule has 0 aliphatic heterocycles. The molecule has 0 fully saturated rings. The third-order valence-electron chi connectivity index (χ3n) is 4.85. The lowest BCUT2D eigenvalue weighted by Gasteiger charge is -2.17. The average molecular weight is 447 g/mol. The summed E-state index contributed by atoms with van der Waals surface area (Å²) >= 11 is 0. The Morgan fingerprint density at radius 2 is 1.58 bits per heavy atom. The molecule has 1 atom stereocenters. The monoisotopic (exact) mass is 446 g/mol. The van der Waals surface area contributed by atoms with Crippen LogP contribution in [0.3, 0.4) is 0 Å². The van der Waals surface area contributed by atoms with Crippen LogP contribution in [0.25, 0.3) is 0 Å². The molecule has 0 aromatic heterocycles. The van der Waals surface area contributed by atoms with Crippen LogP contribution >= 0.6 is 0 Å². The van der Waals surface area contributed by atoms with Crippen molar-refractivity contribution in [3.05, 3.63) is 95.6 Å². The van der Waals surface area contributed by atoms with Crippen molar-refractivity contribution >= 4 is 23.5 Å². The van der Waals surface area contributed by atoms with E-state index in [2.05, 4.69) is 10.6 Å². The van der Waals surface area contributed by atoms with Crippen molar-refractivity contribution in [1.82, 2.24) is 5.32 Å². The van der Waals surface area contributed by atoms with Crippen molar-refractivity contribution in [3.8, 4) is 5.75 Å². The van der Waals surface area contributed by atoms with Gasteiger partial charge in [-0.15, -0.1) is 0 Å². The summed E-state index contributed by atoms with van der Waals surface area (Å²) in [5, 5.41) is 5.37. The molecule has 0 aliphatic rings. The Hall–Kier alpha value is -4.13. The maximum Gasteiger partial charge on any atom is 0.328 e. The number of ether oxygens (including phenoxy) is 2. The van der Waals surface area contributed by atoms with Gasteiger partial charge in [0.05, 0.1) is 7.11 Å². The van der Waals surface area contributed by atoms with Crippen molar-refractivity contribution < 1.29 is 23.9 Å². The van der Waals surface area contributed by atoms with Crippen molar-refractivity contribution in [2.24, 2.45) is 0 Å². The van der Waals surface area contributed by atoms with E-state index in [0.717, 1.165) is 11.1 Å². The van der Waals surface area contributed by atoms with Gasteiger partial charge in [0.2, 0.25) is 5.91 Å². The van der Waals surface area contributed by atoms with E-state index in [-0.39, 0.29) is 12.3 Å². The fourth-order valence-corrected chi connectivity index (χ4v) is 3.22. The first-order valence-corrected chi connectivity index (χ1v) is 10.5. The zero-order chi connectivity index (χ0) is 23.6. The minimum Gasteiger partial charge on any atom is -0.489 e. The van der Waals surface area contributed by atoms with Crippen LogP contribution in [-0.4, -0.2) is 30.9 Å². The van der Waals surface area contributed by atoms with Crippen LogP contribution in [0.5, 0.6) is 5.75 Å². The van der Waals surface area contributed by atoms with Crippen LogP contribution in [0.4, 0.5) is 5.69 Å². The van der Waals surface area contributed by atoms with Crippen LogP contribution in [0.1, 0.15) is 28.4 Å². The number of amides is 2. The molecule has 2 amide bonds. The molecule has 0 aliphatic carbocycles. The van der Waals surface area contributed by atoms with Crippen LogP contribution in [-0.2, 0) is 27.4 Å². The topological polar surface area (TPSA) is 93.7 Å². The smallest absolute Gasteiger partial charge is 0.328 e. The van der Waals surface area contributed by atoms with E-state index in [1.54, 1.807) is 24.3 Å². The Balaban J connectivity index is 1.66. The maximum absolute atomic E-state index is 12.7. The van der Waals surface area contributed by atoms with Crippen LogP contribution in [0.15, 0.2) is 78.9 Å². The largest absolute Gasteiger partial charge is 0.489 e. The van der Waals surface area contributed by atoms with Gasteiger partial charge >= 0.3 is 5.97 Å². The zero-order valence-corrected chi connectivity index (χ0v) is 18.5. The second kappa shape index (κ2) is 11.5. The minimum absolute atomic E-state index is 0.201. The first kappa shape index (κ1) is 23.5. The molecule has 0 spiro atoms. The van der Waals surface area contributed by atoms with E-state index < -0.39 is 17.9 Å². The summed E-state index contributed by atoms with van der Waals surface area (Å²) in [6.07, 6.45) is 0.241. The first-order valence-electron chi connectivity index (χ1n) is 10.5. The summed E-state index contributed by atoms with van der Waals surface area (Å²) < 4.78 is 10.7. The van der Waals surface area contributed by atoms with Crippen molar-refractivity contribution in [3.63, 3.8) is 0 Å². The van der Waals surface area contributed by atoms with Crippen LogP contribution < -0.4 is 15.4 Å². The van der Waals surface area contributed by atoms with Gasteiger partial charge in [-0.25, -0.2) is 4.79 Å². The second-order valence-corrected chi connectivity index (χ2v) is 7.43. The van der Waals surface area contributed by atoms with Gasteiger partial charge in [-0.3, -0.25) is 9.59 Å². The molecule has 170 valence electrons. The normalized spacial score (nSPS) is 11.2. The van der Waals surface area contributed by atoms with E-state index in [0.29, 0.717) is 23.6 Å². The van der Waals surface area contributed by atoms with E-state index in [9.17, 15) is 14.4 Å². The van der Waals surface area contributed by atoms with Gasteiger partial charge in [-0.05, 0) is 47.5 Å². The van der Waals surface area contributed by atoms with Crippen LogP contribution in [0.2, 0.25) is 0 Å². The Labute approximate surface area is 192 Å². The van der Waals surface area contributed by atoms with Gasteiger partial charge < -0.3 is 20.1 Å². The van der Waals surface area contributed by atoms with Gasteiger partial charge in [-0.2, -0.15) is 0 Å². The highest BCUT2D eigenvalue weighted by molar-refractivity contribution is 5.97. The Morgan fingerprint density at radius 3 is 2.24 bits per heavy atom. The number of carbonyl (C=O) groups excluding carboxylic acids is 3. The van der Waals surface area contributed by atoms with Gasteiger partial charge in [-0.1, -0.05) is 42.5 Å². The molecule has 2 N–H and O–H groups in total. The quantitative estimate of drug-likeness (QED) is 0.489. The number of benzene rings is 3. The Morgan fingerprint density at radius 1 is 0.879 bits per heavy atom. The highest BCUT2D eigenvalue weighted by atomic mass is 16.5. The number of hydrogen-bond donors (Lipinski definition) is 2. The molecule has 3 rings (SSSR count).